The van der Waals surface area contributed by atoms with E-state index in [4.69, 9.17) is 4.74 Å². The van der Waals surface area contributed by atoms with Crippen LogP contribution in [0.5, 0.6) is 0 Å². The highest BCUT2D eigenvalue weighted by molar-refractivity contribution is 6.00. The smallest absolute Gasteiger partial charge is 0.409 e. The first-order valence-corrected chi connectivity index (χ1v) is 13.4. The minimum atomic E-state index is -0.667. The summed E-state index contributed by atoms with van der Waals surface area (Å²) in [5, 5.41) is 2.37. The molecular weight excluding hydrogens is 474 g/mol. The molecule has 0 saturated carbocycles. The molecule has 2 aromatic rings. The largest absolute Gasteiger partial charge is 0.453 e. The summed E-state index contributed by atoms with van der Waals surface area (Å²) in [7, 11) is 3.20. The van der Waals surface area contributed by atoms with Gasteiger partial charge in [-0.3, -0.25) is 28.9 Å². The standard InChI is InChI=1S/C27H37N5O5/c1-29-24-20(4-3-5-21(24)32(26(29)35)22-6-7-23(33)28-25(22)34)17-30-12-8-18(9-13-30)16-19-10-14-31(15-11-19)27(36)37-2/h3-5,18-19,22H,6-17H2,1-2H3,(H,28,33,34). The van der Waals surface area contributed by atoms with E-state index in [1.807, 2.05) is 12.1 Å². The van der Waals surface area contributed by atoms with Crippen molar-refractivity contribution in [1.82, 2.24) is 24.3 Å². The van der Waals surface area contributed by atoms with Crippen molar-refractivity contribution in [3.05, 3.63) is 34.2 Å². The van der Waals surface area contributed by atoms with Crippen LogP contribution in [0, 0.1) is 11.8 Å². The highest BCUT2D eigenvalue weighted by Gasteiger charge is 2.32. The molecule has 10 heteroatoms. The van der Waals surface area contributed by atoms with Crippen LogP contribution in [0.1, 0.15) is 56.6 Å². The number of para-hydroxylation sites is 1. The van der Waals surface area contributed by atoms with Gasteiger partial charge in [-0.1, -0.05) is 12.1 Å². The number of rotatable bonds is 5. The van der Waals surface area contributed by atoms with E-state index in [2.05, 4.69) is 16.3 Å². The highest BCUT2D eigenvalue weighted by atomic mass is 16.5. The second kappa shape index (κ2) is 10.7. The maximum Gasteiger partial charge on any atom is 0.409 e. The Morgan fingerprint density at radius 3 is 2.32 bits per heavy atom. The summed E-state index contributed by atoms with van der Waals surface area (Å²) in [4.78, 5) is 53.3. The first-order chi connectivity index (χ1) is 17.9. The van der Waals surface area contributed by atoms with Gasteiger partial charge in [0.2, 0.25) is 11.8 Å². The Labute approximate surface area is 216 Å². The summed E-state index contributed by atoms with van der Waals surface area (Å²) in [5.74, 6) is 0.687. The summed E-state index contributed by atoms with van der Waals surface area (Å²) in [6, 6.07) is 5.24. The Morgan fingerprint density at radius 1 is 1.00 bits per heavy atom. The molecule has 1 unspecified atom stereocenters. The van der Waals surface area contributed by atoms with Gasteiger partial charge in [-0.15, -0.1) is 0 Å². The summed E-state index contributed by atoms with van der Waals surface area (Å²) in [6.07, 6.45) is 5.99. The second-order valence-electron chi connectivity index (χ2n) is 10.8. The van der Waals surface area contributed by atoms with Gasteiger partial charge in [-0.2, -0.15) is 0 Å². The van der Waals surface area contributed by atoms with Crippen molar-refractivity contribution in [1.29, 1.82) is 0 Å². The molecule has 1 aromatic heterocycles. The van der Waals surface area contributed by atoms with Crippen molar-refractivity contribution >= 4 is 28.9 Å². The normalized spacial score (nSPS) is 22.4. The third-order valence-corrected chi connectivity index (χ3v) is 8.52. The monoisotopic (exact) mass is 511 g/mol. The van der Waals surface area contributed by atoms with Crippen molar-refractivity contribution in [2.24, 2.45) is 18.9 Å². The maximum atomic E-state index is 13.2. The molecule has 10 nitrogen and oxygen atoms in total. The van der Waals surface area contributed by atoms with Crippen molar-refractivity contribution in [3.63, 3.8) is 0 Å². The van der Waals surface area contributed by atoms with Crippen LogP contribution < -0.4 is 11.0 Å². The number of hydrogen-bond acceptors (Lipinski definition) is 6. The summed E-state index contributed by atoms with van der Waals surface area (Å²) in [5.41, 5.74) is 2.45. The Kier molecular flexibility index (Phi) is 7.37. The molecule has 37 heavy (non-hydrogen) atoms. The highest BCUT2D eigenvalue weighted by Crippen LogP contribution is 2.31. The summed E-state index contributed by atoms with van der Waals surface area (Å²) >= 11 is 0. The van der Waals surface area contributed by atoms with Crippen LogP contribution in [0.3, 0.4) is 0 Å². The Bertz CT molecular complexity index is 1230. The SMILES string of the molecule is COC(=O)N1CCC(CC2CCN(Cc3cccc4c3n(C)c(=O)n4C3CCC(=O)NC3=O)CC2)CC1. The van der Waals surface area contributed by atoms with Crippen molar-refractivity contribution < 1.29 is 19.1 Å². The van der Waals surface area contributed by atoms with Crippen LogP contribution in [0.4, 0.5) is 4.79 Å². The fraction of sp³-hybridized carbons (Fsp3) is 0.630. The fourth-order valence-corrected chi connectivity index (χ4v) is 6.45. The number of piperidine rings is 3. The number of ether oxygens (including phenoxy) is 1. The predicted molar refractivity (Wildman–Crippen MR) is 138 cm³/mol. The number of likely N-dealkylation sites (tertiary alicyclic amines) is 2. The third kappa shape index (κ3) is 5.16. The van der Waals surface area contributed by atoms with Gasteiger partial charge < -0.3 is 9.64 Å². The molecule has 0 spiro atoms. The van der Waals surface area contributed by atoms with Gasteiger partial charge in [-0.05, 0) is 75.1 Å². The second-order valence-corrected chi connectivity index (χ2v) is 10.8. The number of nitrogens with one attached hydrogen (secondary N) is 1. The number of imidazole rings is 1. The summed E-state index contributed by atoms with van der Waals surface area (Å²) < 4.78 is 8.04. The third-order valence-electron chi connectivity index (χ3n) is 8.52. The topological polar surface area (TPSA) is 106 Å². The lowest BCUT2D eigenvalue weighted by Crippen LogP contribution is -2.44. The molecule has 0 bridgehead atoms. The number of methoxy groups -OCH3 is 1. The first kappa shape index (κ1) is 25.5. The fourth-order valence-electron chi connectivity index (χ4n) is 6.45. The molecule has 5 rings (SSSR count). The Hall–Kier alpha value is -3.14. The summed E-state index contributed by atoms with van der Waals surface area (Å²) in [6.45, 7) is 4.37. The number of hydrogen-bond donors (Lipinski definition) is 1. The number of amides is 3. The average molecular weight is 512 g/mol. The van der Waals surface area contributed by atoms with E-state index in [-0.39, 0.29) is 24.1 Å². The average Bonchev–Trinajstić information content (AvgIpc) is 3.16. The van der Waals surface area contributed by atoms with Crippen molar-refractivity contribution in [2.45, 2.75) is 57.5 Å². The van der Waals surface area contributed by atoms with Gasteiger partial charge in [0.15, 0.2) is 0 Å². The van der Waals surface area contributed by atoms with Gasteiger partial charge in [0.1, 0.15) is 6.04 Å². The van der Waals surface area contributed by atoms with E-state index < -0.39 is 11.9 Å². The van der Waals surface area contributed by atoms with Gasteiger partial charge in [0, 0.05) is 33.1 Å². The van der Waals surface area contributed by atoms with Gasteiger partial charge >= 0.3 is 11.8 Å². The van der Waals surface area contributed by atoms with E-state index in [0.29, 0.717) is 18.3 Å². The molecule has 0 aliphatic carbocycles. The quantitative estimate of drug-likeness (QED) is 0.618. The molecule has 1 N–H and O–H groups in total. The van der Waals surface area contributed by atoms with Crippen LogP contribution >= 0.6 is 0 Å². The zero-order chi connectivity index (χ0) is 26.1. The van der Waals surface area contributed by atoms with Crippen LogP contribution in [-0.2, 0) is 27.9 Å². The lowest BCUT2D eigenvalue weighted by atomic mass is 9.83. The molecule has 3 amide bonds. The molecule has 3 aliphatic rings. The van der Waals surface area contributed by atoms with Gasteiger partial charge in [0.25, 0.3) is 0 Å². The number of benzene rings is 1. The molecule has 3 aliphatic heterocycles. The zero-order valence-corrected chi connectivity index (χ0v) is 21.8. The van der Waals surface area contributed by atoms with Crippen molar-refractivity contribution in [2.75, 3.05) is 33.3 Å². The molecule has 1 aromatic carbocycles. The lowest BCUT2D eigenvalue weighted by Gasteiger charge is -2.36. The number of imide groups is 1. The number of nitrogens with zero attached hydrogens (tertiary/aromatic N) is 4. The van der Waals surface area contributed by atoms with Crippen LogP contribution in [0.2, 0.25) is 0 Å². The number of aromatic nitrogens is 2. The van der Waals surface area contributed by atoms with E-state index in [0.717, 1.165) is 75.0 Å². The van der Waals surface area contributed by atoms with E-state index in [9.17, 15) is 19.2 Å². The number of carbonyl (C=O) groups is 3. The molecule has 3 fully saturated rings. The van der Waals surface area contributed by atoms with Gasteiger partial charge in [0.05, 0.1) is 18.1 Å². The maximum absolute atomic E-state index is 13.2. The van der Waals surface area contributed by atoms with E-state index in [1.165, 1.54) is 13.5 Å². The number of carbonyl (C=O) groups excluding carboxylic acids is 3. The number of fused-ring (bicyclic) bond motifs is 1. The molecule has 200 valence electrons. The molecular formula is C27H37N5O5. The zero-order valence-electron chi connectivity index (χ0n) is 21.8. The van der Waals surface area contributed by atoms with Crippen LogP contribution in [0.15, 0.2) is 23.0 Å². The van der Waals surface area contributed by atoms with E-state index >= 15 is 0 Å². The molecule has 3 saturated heterocycles. The van der Waals surface area contributed by atoms with Crippen LogP contribution in [-0.4, -0.2) is 70.1 Å². The van der Waals surface area contributed by atoms with Crippen LogP contribution in [0.25, 0.3) is 11.0 Å². The minimum Gasteiger partial charge on any atom is -0.453 e. The van der Waals surface area contributed by atoms with Gasteiger partial charge in [-0.25, -0.2) is 9.59 Å². The molecule has 0 radical (unpaired) electrons. The Balaban J connectivity index is 1.22. The Morgan fingerprint density at radius 2 is 1.68 bits per heavy atom. The molecule has 4 heterocycles. The number of aryl methyl sites for hydroxylation is 1. The molecule has 1 atom stereocenters. The lowest BCUT2D eigenvalue weighted by molar-refractivity contribution is -0.135. The van der Waals surface area contributed by atoms with Crippen molar-refractivity contribution in [3.8, 4) is 0 Å². The first-order valence-electron chi connectivity index (χ1n) is 13.4. The predicted octanol–water partition coefficient (Wildman–Crippen LogP) is 2.40. The minimum absolute atomic E-state index is 0.216. The van der Waals surface area contributed by atoms with E-state index in [1.54, 1.807) is 21.1 Å².